The third kappa shape index (κ3) is 10.7. The molecule has 3 aromatic rings. The number of amides is 1. The summed E-state index contributed by atoms with van der Waals surface area (Å²) in [4.78, 5) is 28.6. The molecule has 48 heavy (non-hydrogen) atoms. The summed E-state index contributed by atoms with van der Waals surface area (Å²) in [7, 11) is 3.07. The maximum absolute atomic E-state index is 15.1. The number of methoxy groups -OCH3 is 2. The molecule has 1 saturated heterocycles. The van der Waals surface area contributed by atoms with Crippen molar-refractivity contribution in [1.29, 1.82) is 0 Å². The number of hydrogen-bond acceptors (Lipinski definition) is 10. The molecule has 0 spiro atoms. The molecule has 11 nitrogen and oxygen atoms in total. The molecule has 0 atom stereocenters. The number of carbonyl (C=O) groups is 1. The number of nitrogens with one attached hydrogen (secondary N) is 1. The highest BCUT2D eigenvalue weighted by Gasteiger charge is 2.26. The Labute approximate surface area is 284 Å². The molecule has 0 aliphatic carbocycles. The van der Waals surface area contributed by atoms with Crippen molar-refractivity contribution >= 4 is 29.2 Å². The van der Waals surface area contributed by atoms with Gasteiger partial charge in [0.25, 0.3) is 0 Å². The lowest BCUT2D eigenvalue weighted by Crippen LogP contribution is -2.49. The number of aromatic nitrogens is 2. The van der Waals surface area contributed by atoms with E-state index in [9.17, 15) is 4.79 Å². The van der Waals surface area contributed by atoms with Crippen LogP contribution in [0, 0.1) is 11.7 Å². The van der Waals surface area contributed by atoms with E-state index in [1.54, 1.807) is 43.5 Å². The number of ether oxygens (including phenoxy) is 4. The molecular formula is C36H51FN6O5. The van der Waals surface area contributed by atoms with E-state index < -0.39 is 11.9 Å². The van der Waals surface area contributed by atoms with Crippen molar-refractivity contribution in [2.24, 2.45) is 5.92 Å². The number of anilines is 4. The maximum atomic E-state index is 15.1. The molecule has 0 unspecified atom stereocenters. The smallest absolute Gasteiger partial charge is 0.420 e. The van der Waals surface area contributed by atoms with Gasteiger partial charge in [-0.3, -0.25) is 9.80 Å². The highest BCUT2D eigenvalue weighted by molar-refractivity contribution is 5.97. The fourth-order valence-corrected chi connectivity index (χ4v) is 5.49. The van der Waals surface area contributed by atoms with E-state index in [1.165, 1.54) is 24.3 Å². The van der Waals surface area contributed by atoms with Crippen LogP contribution in [0.3, 0.4) is 0 Å². The van der Waals surface area contributed by atoms with E-state index in [1.807, 2.05) is 0 Å². The molecule has 0 saturated carbocycles. The molecule has 12 heteroatoms. The van der Waals surface area contributed by atoms with Crippen molar-refractivity contribution in [3.8, 4) is 17.2 Å². The number of rotatable bonds is 17. The second-order valence-corrected chi connectivity index (χ2v) is 12.6. The Balaban J connectivity index is 1.43. The number of halogens is 1. The number of benzene rings is 2. The van der Waals surface area contributed by atoms with E-state index in [4.69, 9.17) is 18.9 Å². The van der Waals surface area contributed by atoms with Gasteiger partial charge in [0.2, 0.25) is 5.95 Å². The Morgan fingerprint density at radius 2 is 1.73 bits per heavy atom. The topological polar surface area (TPSA) is 102 Å². The van der Waals surface area contributed by atoms with Crippen molar-refractivity contribution in [2.45, 2.75) is 59.4 Å². The fraction of sp³-hybridized carbons (Fsp3) is 0.528. The molecule has 1 aliphatic rings. The van der Waals surface area contributed by atoms with Crippen LogP contribution >= 0.6 is 0 Å². The highest BCUT2D eigenvalue weighted by atomic mass is 19.1. The van der Waals surface area contributed by atoms with Gasteiger partial charge in [0.05, 0.1) is 26.5 Å². The molecule has 4 rings (SSSR count). The third-order valence-electron chi connectivity index (χ3n) is 8.32. The average Bonchev–Trinajstić information content (AvgIpc) is 3.07. The Morgan fingerprint density at radius 1 is 0.938 bits per heavy atom. The summed E-state index contributed by atoms with van der Waals surface area (Å²) in [5.41, 5.74) is 0.849. The van der Waals surface area contributed by atoms with Crippen LogP contribution in [0.15, 0.2) is 48.7 Å². The van der Waals surface area contributed by atoms with Crippen LogP contribution in [-0.4, -0.2) is 92.1 Å². The predicted molar refractivity (Wildman–Crippen MR) is 187 cm³/mol. The lowest BCUT2D eigenvalue weighted by atomic mass is 10.1. The van der Waals surface area contributed by atoms with Crippen LogP contribution in [0.25, 0.3) is 0 Å². The Hall–Kier alpha value is -4.16. The minimum absolute atomic E-state index is 0.167. The van der Waals surface area contributed by atoms with Gasteiger partial charge < -0.3 is 24.3 Å². The predicted octanol–water partition coefficient (Wildman–Crippen LogP) is 7.27. The monoisotopic (exact) mass is 666 g/mol. The Kier molecular flexibility index (Phi) is 14.1. The molecular weight excluding hydrogens is 615 g/mol. The van der Waals surface area contributed by atoms with E-state index in [0.29, 0.717) is 41.4 Å². The molecule has 0 bridgehead atoms. The third-order valence-corrected chi connectivity index (χ3v) is 8.32. The van der Waals surface area contributed by atoms with Gasteiger partial charge in [-0.2, -0.15) is 4.98 Å². The van der Waals surface area contributed by atoms with Crippen LogP contribution < -0.4 is 24.4 Å². The summed E-state index contributed by atoms with van der Waals surface area (Å²) in [5.74, 6) is 1.70. The van der Waals surface area contributed by atoms with E-state index in [-0.39, 0.29) is 24.1 Å². The zero-order chi connectivity index (χ0) is 34.5. The summed E-state index contributed by atoms with van der Waals surface area (Å²) >= 11 is 0. The first kappa shape index (κ1) is 36.7. The Bertz CT molecular complexity index is 1450. The number of piperazine rings is 1. The maximum Gasteiger partial charge on any atom is 0.420 e. The van der Waals surface area contributed by atoms with E-state index in [0.717, 1.165) is 58.4 Å². The molecule has 1 aromatic heterocycles. The molecule has 2 aromatic carbocycles. The van der Waals surface area contributed by atoms with Crippen LogP contribution in [0.4, 0.5) is 32.3 Å². The van der Waals surface area contributed by atoms with E-state index in [2.05, 4.69) is 52.8 Å². The minimum Gasteiger partial charge on any atom is -0.497 e. The second-order valence-electron chi connectivity index (χ2n) is 12.6. The highest BCUT2D eigenvalue weighted by Crippen LogP contribution is 2.37. The first-order valence-electron chi connectivity index (χ1n) is 16.9. The molecule has 2 heterocycles. The summed E-state index contributed by atoms with van der Waals surface area (Å²) in [5, 5.41) is 3.04. The summed E-state index contributed by atoms with van der Waals surface area (Å²) in [6.45, 7) is 14.2. The van der Waals surface area contributed by atoms with Crippen LogP contribution in [0.2, 0.25) is 0 Å². The summed E-state index contributed by atoms with van der Waals surface area (Å²) in [6.07, 6.45) is 4.84. The van der Waals surface area contributed by atoms with Gasteiger partial charge in [0.15, 0.2) is 11.6 Å². The normalized spacial score (nSPS) is 13.9. The van der Waals surface area contributed by atoms with Gasteiger partial charge in [-0.1, -0.05) is 33.1 Å². The fourth-order valence-electron chi connectivity index (χ4n) is 5.49. The standard InChI is InChI=1S/C36H51FN6O5/c1-26(2)10-8-7-9-22-48-36(44)43(31-13-12-29(45-5)25-33(31)46-6)34-15-16-38-35(40-34)39-28-11-14-32(30(37)24-28)47-23-21-41-17-19-42(20-18-41)27(3)4/h11-16,24-27H,7-10,17-23H2,1-6H3,(H,38,39,40). The van der Waals surface area contributed by atoms with Crippen molar-refractivity contribution in [3.63, 3.8) is 0 Å². The molecule has 1 amide bonds. The lowest BCUT2D eigenvalue weighted by Gasteiger charge is -2.36. The van der Waals surface area contributed by atoms with Crippen LogP contribution in [0.5, 0.6) is 17.2 Å². The lowest BCUT2D eigenvalue weighted by molar-refractivity contribution is 0.0965. The van der Waals surface area contributed by atoms with Gasteiger partial charge in [-0.25, -0.2) is 19.1 Å². The van der Waals surface area contributed by atoms with Crippen LogP contribution in [0.1, 0.15) is 53.4 Å². The molecule has 1 fully saturated rings. The van der Waals surface area contributed by atoms with E-state index >= 15 is 4.39 Å². The Morgan fingerprint density at radius 3 is 2.42 bits per heavy atom. The zero-order valence-corrected chi connectivity index (χ0v) is 29.2. The minimum atomic E-state index is -0.610. The van der Waals surface area contributed by atoms with Gasteiger partial charge in [0.1, 0.15) is 23.9 Å². The molecule has 1 aliphatic heterocycles. The average molecular weight is 667 g/mol. The number of hydrogen-bond donors (Lipinski definition) is 1. The van der Waals surface area contributed by atoms with Crippen molar-refractivity contribution in [2.75, 3.05) is 70.4 Å². The largest absolute Gasteiger partial charge is 0.497 e. The molecule has 0 radical (unpaired) electrons. The molecule has 1 N–H and O–H groups in total. The van der Waals surface area contributed by atoms with Crippen molar-refractivity contribution < 1.29 is 28.1 Å². The summed E-state index contributed by atoms with van der Waals surface area (Å²) < 4.78 is 37.5. The number of carbonyl (C=O) groups excluding carboxylic acids is 1. The van der Waals surface area contributed by atoms with Crippen molar-refractivity contribution in [1.82, 2.24) is 19.8 Å². The summed E-state index contributed by atoms with van der Waals surface area (Å²) in [6, 6.07) is 11.9. The molecule has 262 valence electrons. The van der Waals surface area contributed by atoms with Gasteiger partial charge in [0, 0.05) is 68.8 Å². The SMILES string of the molecule is COc1ccc(N(C(=O)OCCCCCC(C)C)c2ccnc(Nc3ccc(OCCN4CCN(C(C)C)CC4)c(F)c3)n2)c(OC)c1. The quantitative estimate of drug-likeness (QED) is 0.148. The van der Waals surface area contributed by atoms with Crippen molar-refractivity contribution in [3.05, 3.63) is 54.5 Å². The number of unbranched alkanes of at least 4 members (excludes halogenated alkanes) is 2. The first-order chi connectivity index (χ1) is 23.2. The first-order valence-corrected chi connectivity index (χ1v) is 16.9. The second kappa shape index (κ2) is 18.4. The number of nitrogens with zero attached hydrogens (tertiary/aromatic N) is 5. The van der Waals surface area contributed by atoms with Gasteiger partial charge >= 0.3 is 6.09 Å². The van der Waals surface area contributed by atoms with Gasteiger partial charge in [-0.05, 0) is 50.5 Å². The van der Waals surface area contributed by atoms with Crippen LogP contribution in [-0.2, 0) is 4.74 Å². The van der Waals surface area contributed by atoms with Gasteiger partial charge in [-0.15, -0.1) is 0 Å². The zero-order valence-electron chi connectivity index (χ0n) is 29.2.